The standard InChI is InChI=1S/C42H48N2O18/c1-20-13-14-28-27(12-10-16-44-28)38(52)55-18-39(7)29-30(56-22(3)46)34(58-24(5)48)41(19-54-21(2)45)35(59-25(6)49)31(60-37(51)26-11-9-15-43-17-26)33(61-36(20)50)40(8,53)42(41,62-39)32(29)57-23(4)47/h9-12,15-17,20,29-35,53H,13-14,18-19H2,1-8H3/t20-,29+,30+,31-,32+,33-,34+,35-,39-,40-,41+,42-/m0/s1. The van der Waals surface area contributed by atoms with Gasteiger partial charge in [0.1, 0.15) is 42.0 Å². The van der Waals surface area contributed by atoms with E-state index >= 15 is 0 Å². The number of carbonyl (C=O) groups is 8. The second-order valence-corrected chi connectivity index (χ2v) is 16.3. The molecule has 1 spiro atoms. The van der Waals surface area contributed by atoms with Crippen LogP contribution in [0.2, 0.25) is 0 Å². The van der Waals surface area contributed by atoms with E-state index < -0.39 is 132 Å². The average Bonchev–Trinajstić information content (AvgIpc) is 3.41. The van der Waals surface area contributed by atoms with E-state index in [4.69, 9.17) is 42.6 Å². The normalized spacial score (nSPS) is 35.0. The van der Waals surface area contributed by atoms with Gasteiger partial charge in [-0.1, -0.05) is 6.92 Å². The number of aromatic nitrogens is 2. The Balaban J connectivity index is 1.77. The highest BCUT2D eigenvalue weighted by Crippen LogP contribution is 2.70. The third-order valence-electron chi connectivity index (χ3n) is 12.0. The van der Waals surface area contributed by atoms with Gasteiger partial charge in [0, 0.05) is 53.2 Å². The van der Waals surface area contributed by atoms with Crippen LogP contribution < -0.4 is 0 Å². The lowest BCUT2D eigenvalue weighted by Crippen LogP contribution is -2.89. The molecule has 62 heavy (non-hydrogen) atoms. The number of nitrogens with zero attached hydrogens (tertiary/aromatic N) is 2. The van der Waals surface area contributed by atoms with Gasteiger partial charge in [0.15, 0.2) is 30.0 Å². The quantitative estimate of drug-likeness (QED) is 0.291. The molecule has 1 N–H and O–H groups in total. The number of hydrogen-bond acceptors (Lipinski definition) is 20. The van der Waals surface area contributed by atoms with E-state index in [1.54, 1.807) is 0 Å². The number of carbonyl (C=O) groups excluding carboxylic acids is 8. The van der Waals surface area contributed by atoms with Crippen LogP contribution >= 0.6 is 0 Å². The second-order valence-electron chi connectivity index (χ2n) is 16.3. The van der Waals surface area contributed by atoms with Crippen LogP contribution in [0.1, 0.15) is 88.2 Å². The number of pyridine rings is 2. The van der Waals surface area contributed by atoms with Crippen LogP contribution in [0.15, 0.2) is 42.9 Å². The van der Waals surface area contributed by atoms with Gasteiger partial charge >= 0.3 is 47.8 Å². The summed E-state index contributed by atoms with van der Waals surface area (Å²) < 4.78 is 55.2. The summed E-state index contributed by atoms with van der Waals surface area (Å²) in [6.07, 6.45) is -8.25. The van der Waals surface area contributed by atoms with Crippen molar-refractivity contribution in [3.63, 3.8) is 0 Å². The minimum Gasteiger partial charge on any atom is -0.465 e. The molecule has 4 aliphatic rings. The molecule has 12 atom stereocenters. The van der Waals surface area contributed by atoms with Crippen LogP contribution in [0.4, 0.5) is 0 Å². The first kappa shape index (κ1) is 45.5. The summed E-state index contributed by atoms with van der Waals surface area (Å²) in [5, 5.41) is 13.6. The Morgan fingerprint density at radius 2 is 1.42 bits per heavy atom. The summed E-state index contributed by atoms with van der Waals surface area (Å²) in [6.45, 7) is 7.08. The molecule has 0 radical (unpaired) electrons. The van der Waals surface area contributed by atoms with E-state index in [0.29, 0.717) is 0 Å². The number of rotatable bonds is 8. The highest BCUT2D eigenvalue weighted by molar-refractivity contribution is 5.91. The Labute approximate surface area is 355 Å². The van der Waals surface area contributed by atoms with Crippen LogP contribution in [0.3, 0.4) is 0 Å². The highest BCUT2D eigenvalue weighted by Gasteiger charge is 2.92. The molecule has 4 heterocycles. The number of ether oxygens (including phenoxy) is 9. The number of hydrogen-bond donors (Lipinski definition) is 1. The van der Waals surface area contributed by atoms with Gasteiger partial charge in [-0.2, -0.15) is 0 Å². The van der Waals surface area contributed by atoms with E-state index in [1.807, 2.05) is 0 Å². The van der Waals surface area contributed by atoms with E-state index in [9.17, 15) is 43.5 Å². The predicted octanol–water partition coefficient (Wildman–Crippen LogP) is 1.55. The third kappa shape index (κ3) is 7.73. The van der Waals surface area contributed by atoms with Crippen LogP contribution in [0.25, 0.3) is 0 Å². The van der Waals surface area contributed by atoms with Gasteiger partial charge in [-0.05, 0) is 51.0 Å². The minimum absolute atomic E-state index is 0.0174. The molecule has 20 nitrogen and oxygen atoms in total. The summed E-state index contributed by atoms with van der Waals surface area (Å²) in [5.74, 6) is -10.8. The lowest BCUT2D eigenvalue weighted by Gasteiger charge is -2.67. The number of fused-ring (bicyclic) bond motifs is 5. The third-order valence-corrected chi connectivity index (χ3v) is 12.0. The van der Waals surface area contributed by atoms with Crippen molar-refractivity contribution in [3.05, 3.63) is 59.7 Å². The average molecular weight is 869 g/mol. The molecule has 2 saturated carbocycles. The van der Waals surface area contributed by atoms with Crippen molar-refractivity contribution < 1.29 is 86.1 Å². The van der Waals surface area contributed by atoms with Gasteiger partial charge in [-0.3, -0.25) is 38.7 Å². The summed E-state index contributed by atoms with van der Waals surface area (Å²) in [6, 6.07) is 5.69. The van der Waals surface area contributed by atoms with Crippen molar-refractivity contribution in [2.24, 2.45) is 17.3 Å². The van der Waals surface area contributed by atoms with Crippen molar-refractivity contribution in [3.8, 4) is 0 Å². The van der Waals surface area contributed by atoms with Crippen molar-refractivity contribution in [1.29, 1.82) is 0 Å². The lowest BCUT2D eigenvalue weighted by molar-refractivity contribution is -0.386. The monoisotopic (exact) mass is 868 g/mol. The molecule has 2 aliphatic heterocycles. The summed E-state index contributed by atoms with van der Waals surface area (Å²) in [5.41, 5.74) is -10.3. The maximum Gasteiger partial charge on any atom is 0.340 e. The smallest absolute Gasteiger partial charge is 0.340 e. The predicted molar refractivity (Wildman–Crippen MR) is 203 cm³/mol. The fourth-order valence-corrected chi connectivity index (χ4v) is 9.64. The van der Waals surface area contributed by atoms with Crippen LogP contribution in [-0.2, 0) is 77.8 Å². The Bertz CT molecular complexity index is 2140. The first-order valence-corrected chi connectivity index (χ1v) is 19.8. The first-order chi connectivity index (χ1) is 29.1. The van der Waals surface area contributed by atoms with Gasteiger partial charge in [0.2, 0.25) is 0 Å². The Hall–Kier alpha value is -6.02. The van der Waals surface area contributed by atoms with Crippen molar-refractivity contribution in [2.45, 2.75) is 122 Å². The molecule has 2 aromatic heterocycles. The van der Waals surface area contributed by atoms with Crippen LogP contribution in [-0.4, -0.2) is 129 Å². The largest absolute Gasteiger partial charge is 0.465 e. The fraction of sp³-hybridized carbons (Fsp3) is 0.571. The van der Waals surface area contributed by atoms with Gasteiger partial charge < -0.3 is 47.7 Å². The molecular weight excluding hydrogens is 820 g/mol. The topological polar surface area (TPSA) is 266 Å². The lowest BCUT2D eigenvalue weighted by atomic mass is 9.45. The van der Waals surface area contributed by atoms with Crippen LogP contribution in [0, 0.1) is 17.3 Å². The van der Waals surface area contributed by atoms with E-state index in [1.165, 1.54) is 50.5 Å². The van der Waals surface area contributed by atoms with E-state index in [2.05, 4.69) is 9.97 Å². The second kappa shape index (κ2) is 17.0. The molecule has 334 valence electrons. The van der Waals surface area contributed by atoms with Crippen molar-refractivity contribution in [2.75, 3.05) is 13.2 Å². The van der Waals surface area contributed by atoms with Gasteiger partial charge in [0.05, 0.1) is 28.7 Å². The number of aliphatic hydroxyl groups is 1. The fourth-order valence-electron chi connectivity index (χ4n) is 9.64. The highest BCUT2D eigenvalue weighted by atomic mass is 16.7. The SMILES string of the molecule is CC(=O)OC[C@]12[C@H](OC(C)=O)[C@H](OC(C)=O)[C@@H]3[C@@H](OC(C)=O)[C@@]14O[C@@]3(C)COC(=O)c1cccnc1CC[C@H](C)C(=O)O[C@@H]([C@H](OC(=O)c1cccnc1)[C@@H]2OC(C)=O)[C@]4(C)O. The number of cyclic esters (lactones) is 1. The molecule has 1 saturated heterocycles. The molecule has 0 unspecified atom stereocenters. The Morgan fingerprint density at radius 1 is 0.806 bits per heavy atom. The Morgan fingerprint density at radius 3 is 2.02 bits per heavy atom. The summed E-state index contributed by atoms with van der Waals surface area (Å²) in [4.78, 5) is 117. The molecule has 0 aromatic carbocycles. The first-order valence-electron chi connectivity index (χ1n) is 19.8. The maximum atomic E-state index is 14.4. The molecule has 20 heteroatoms. The van der Waals surface area contributed by atoms with Gasteiger partial charge in [-0.15, -0.1) is 0 Å². The molecule has 3 fully saturated rings. The van der Waals surface area contributed by atoms with Crippen LogP contribution in [0.5, 0.6) is 0 Å². The van der Waals surface area contributed by atoms with Gasteiger partial charge in [-0.25, -0.2) is 9.59 Å². The van der Waals surface area contributed by atoms with Gasteiger partial charge in [0.25, 0.3) is 0 Å². The van der Waals surface area contributed by atoms with Crippen molar-refractivity contribution >= 4 is 47.8 Å². The summed E-state index contributed by atoms with van der Waals surface area (Å²) >= 11 is 0. The molecule has 0 amide bonds. The zero-order valence-electron chi connectivity index (χ0n) is 35.3. The maximum absolute atomic E-state index is 14.4. The van der Waals surface area contributed by atoms with Crippen molar-refractivity contribution in [1.82, 2.24) is 9.97 Å². The molecule has 6 rings (SSSR count). The van der Waals surface area contributed by atoms with E-state index in [-0.39, 0.29) is 29.7 Å². The van der Waals surface area contributed by atoms with E-state index in [0.717, 1.165) is 47.7 Å². The summed E-state index contributed by atoms with van der Waals surface area (Å²) in [7, 11) is 0. The minimum atomic E-state index is -2.87. The molecule has 4 bridgehead atoms. The molecular formula is C42H48N2O18. The molecule has 2 aromatic rings. The number of aryl methyl sites for hydroxylation is 1. The zero-order chi connectivity index (χ0) is 45.5. The molecule has 2 aliphatic carbocycles. The number of esters is 8. The Kier molecular flexibility index (Phi) is 12.5. The zero-order valence-corrected chi connectivity index (χ0v) is 35.3.